The third-order valence-electron chi connectivity index (χ3n) is 3.59. The summed E-state index contributed by atoms with van der Waals surface area (Å²) in [5, 5.41) is 2.23. The molecule has 0 aliphatic heterocycles. The van der Waals surface area contributed by atoms with Crippen LogP contribution in [0.15, 0.2) is 34.9 Å². The average molecular weight is 348 g/mol. The van der Waals surface area contributed by atoms with Gasteiger partial charge in [-0.15, -0.1) is 0 Å². The zero-order chi connectivity index (χ0) is 17.7. The molecule has 0 fully saturated rings. The quantitative estimate of drug-likeness (QED) is 0.835. The van der Waals surface area contributed by atoms with Gasteiger partial charge in [0.05, 0.1) is 11.4 Å². The van der Waals surface area contributed by atoms with E-state index in [1.54, 1.807) is 6.92 Å². The lowest BCUT2D eigenvalue weighted by molar-refractivity contribution is -0.120. The molecule has 0 bridgehead atoms. The first-order chi connectivity index (χ1) is 11.4. The fraction of sp³-hybridized carbons (Fsp3) is 0.444. The van der Waals surface area contributed by atoms with Gasteiger partial charge in [-0.1, -0.05) is 31.5 Å². The van der Waals surface area contributed by atoms with E-state index < -0.39 is 16.0 Å². The van der Waals surface area contributed by atoms with Crippen molar-refractivity contribution in [1.82, 2.24) is 10.3 Å². The molecule has 0 saturated carbocycles. The Bertz CT molecular complexity index is 707. The van der Waals surface area contributed by atoms with Crippen LogP contribution in [0.4, 0.5) is 0 Å². The van der Waals surface area contributed by atoms with Gasteiger partial charge in [-0.25, -0.2) is 4.98 Å². The van der Waals surface area contributed by atoms with Gasteiger partial charge in [-0.05, 0) is 31.9 Å². The summed E-state index contributed by atoms with van der Waals surface area (Å²) in [5.74, 6) is 0.872. The van der Waals surface area contributed by atoms with Crippen molar-refractivity contribution in [3.05, 3.63) is 41.8 Å². The van der Waals surface area contributed by atoms with Crippen LogP contribution in [0.2, 0.25) is 0 Å². The van der Waals surface area contributed by atoms with Crippen molar-refractivity contribution < 1.29 is 13.4 Å². The zero-order valence-corrected chi connectivity index (χ0v) is 15.4. The van der Waals surface area contributed by atoms with Crippen LogP contribution in [0.5, 0.6) is 0 Å². The number of oxazole rings is 1. The molecule has 2 rings (SSSR count). The summed E-state index contributed by atoms with van der Waals surface area (Å²) in [7, 11) is -1.34. The van der Waals surface area contributed by atoms with E-state index in [9.17, 15) is 9.00 Å². The van der Waals surface area contributed by atoms with Crippen molar-refractivity contribution in [2.75, 3.05) is 6.54 Å². The van der Waals surface area contributed by atoms with Crippen molar-refractivity contribution in [3.63, 3.8) is 0 Å². The fourth-order valence-electron chi connectivity index (χ4n) is 2.04. The molecule has 0 radical (unpaired) electrons. The first kappa shape index (κ1) is 18.4. The molecular formula is C18H24N2O3S. The second-order valence-corrected chi connectivity index (χ2v) is 8.07. The maximum absolute atomic E-state index is 12.4. The van der Waals surface area contributed by atoms with Crippen LogP contribution in [-0.4, -0.2) is 26.9 Å². The van der Waals surface area contributed by atoms with E-state index >= 15 is 0 Å². The Hall–Kier alpha value is -1.95. The molecule has 1 amide bonds. The van der Waals surface area contributed by atoms with Crippen molar-refractivity contribution in [2.45, 2.75) is 38.7 Å². The smallest absolute Gasteiger partial charge is 0.235 e. The molecule has 1 N–H and O–H groups in total. The number of benzene rings is 1. The molecule has 1 aromatic carbocycles. The molecule has 2 aromatic rings. The van der Waals surface area contributed by atoms with Crippen LogP contribution in [0, 0.1) is 12.8 Å². The van der Waals surface area contributed by atoms with E-state index in [1.807, 2.05) is 45.0 Å². The number of nitrogens with zero attached hydrogens (tertiary/aromatic N) is 1. The topological polar surface area (TPSA) is 72.2 Å². The Morgan fingerprint density at radius 2 is 1.92 bits per heavy atom. The minimum absolute atomic E-state index is 0.190. The number of nitrogens with one attached hydrogen (secondary N) is 1. The molecule has 0 aliphatic carbocycles. The molecule has 0 saturated heterocycles. The molecule has 0 unspecified atom stereocenters. The minimum Gasteiger partial charge on any atom is -0.444 e. The molecule has 0 spiro atoms. The summed E-state index contributed by atoms with van der Waals surface area (Å²) in [6.45, 7) is 8.31. The Balaban J connectivity index is 1.97. The van der Waals surface area contributed by atoms with Crippen LogP contribution in [0.25, 0.3) is 11.5 Å². The van der Waals surface area contributed by atoms with Crippen LogP contribution in [0.1, 0.15) is 32.0 Å². The fourth-order valence-corrected chi connectivity index (χ4v) is 3.04. The Kier molecular flexibility index (Phi) is 6.31. The van der Waals surface area contributed by atoms with Crippen LogP contribution in [0.3, 0.4) is 0 Å². The summed E-state index contributed by atoms with van der Waals surface area (Å²) >= 11 is 0. The number of hydrogen-bond acceptors (Lipinski definition) is 4. The number of carbonyl (C=O) groups excluding carboxylic acids is 1. The van der Waals surface area contributed by atoms with Gasteiger partial charge in [0, 0.05) is 22.9 Å². The zero-order valence-electron chi connectivity index (χ0n) is 14.5. The van der Waals surface area contributed by atoms with Crippen LogP contribution < -0.4 is 5.32 Å². The average Bonchev–Trinajstić information content (AvgIpc) is 3.00. The molecule has 0 aliphatic rings. The number of aryl methyl sites for hydroxylation is 1. The van der Waals surface area contributed by atoms with Gasteiger partial charge in [-0.3, -0.25) is 9.00 Å². The molecule has 1 heterocycles. The highest BCUT2D eigenvalue weighted by Crippen LogP contribution is 2.20. The number of aromatic nitrogens is 1. The van der Waals surface area contributed by atoms with Gasteiger partial charge in [-0.2, -0.15) is 0 Å². The SMILES string of the molecule is Cc1ccc(-c2nc(C[S@@](=O)[C@H](C)C(=O)NCC(C)C)co2)cc1. The highest BCUT2D eigenvalue weighted by Gasteiger charge is 2.21. The third-order valence-corrected chi connectivity index (χ3v) is 5.17. The van der Waals surface area contributed by atoms with Crippen LogP contribution in [-0.2, 0) is 21.3 Å². The van der Waals surface area contributed by atoms with E-state index in [0.717, 1.165) is 11.1 Å². The third kappa shape index (κ3) is 5.03. The summed E-state index contributed by atoms with van der Waals surface area (Å²) in [5.41, 5.74) is 2.63. The Labute approximate surface area is 145 Å². The van der Waals surface area contributed by atoms with Gasteiger partial charge < -0.3 is 9.73 Å². The normalized spacial score (nSPS) is 13.7. The summed E-state index contributed by atoms with van der Waals surface area (Å²) in [6.07, 6.45) is 1.51. The summed E-state index contributed by atoms with van der Waals surface area (Å²) in [4.78, 5) is 16.4. The van der Waals surface area contributed by atoms with E-state index in [4.69, 9.17) is 4.42 Å². The second kappa shape index (κ2) is 8.24. The minimum atomic E-state index is -1.34. The maximum Gasteiger partial charge on any atom is 0.235 e. The van der Waals surface area contributed by atoms with Gasteiger partial charge in [0.15, 0.2) is 0 Å². The van der Waals surface area contributed by atoms with E-state index in [-0.39, 0.29) is 11.7 Å². The van der Waals surface area contributed by atoms with Crippen molar-refractivity contribution in [1.29, 1.82) is 0 Å². The number of rotatable bonds is 7. The molecule has 1 aromatic heterocycles. The lowest BCUT2D eigenvalue weighted by Crippen LogP contribution is -2.37. The monoisotopic (exact) mass is 348 g/mol. The number of carbonyl (C=O) groups is 1. The second-order valence-electron chi connectivity index (χ2n) is 6.32. The van der Waals surface area contributed by atoms with Crippen molar-refractivity contribution in [3.8, 4) is 11.5 Å². The Morgan fingerprint density at radius 1 is 1.25 bits per heavy atom. The summed E-state index contributed by atoms with van der Waals surface area (Å²) in [6, 6.07) is 7.84. The lowest BCUT2D eigenvalue weighted by atomic mass is 10.1. The molecule has 2 atom stereocenters. The molecular weight excluding hydrogens is 324 g/mol. The number of hydrogen-bond donors (Lipinski definition) is 1. The molecule has 130 valence electrons. The highest BCUT2D eigenvalue weighted by molar-refractivity contribution is 7.85. The van der Waals surface area contributed by atoms with Crippen LogP contribution >= 0.6 is 0 Å². The standard InChI is InChI=1S/C18H24N2O3S/c1-12(2)9-19-17(21)14(4)24(22)11-16-10-23-18(20-16)15-7-5-13(3)6-8-15/h5-8,10,12,14H,9,11H2,1-4H3,(H,19,21)/t14-,24-/m1/s1. The van der Waals surface area contributed by atoms with Gasteiger partial charge in [0.1, 0.15) is 11.5 Å². The largest absolute Gasteiger partial charge is 0.444 e. The first-order valence-electron chi connectivity index (χ1n) is 8.03. The maximum atomic E-state index is 12.4. The summed E-state index contributed by atoms with van der Waals surface area (Å²) < 4.78 is 17.8. The Morgan fingerprint density at radius 3 is 2.54 bits per heavy atom. The van der Waals surface area contributed by atoms with Gasteiger partial charge in [0.2, 0.25) is 11.8 Å². The van der Waals surface area contributed by atoms with Crippen molar-refractivity contribution >= 4 is 16.7 Å². The predicted molar refractivity (Wildman–Crippen MR) is 95.8 cm³/mol. The van der Waals surface area contributed by atoms with Gasteiger partial charge in [0.25, 0.3) is 0 Å². The van der Waals surface area contributed by atoms with Gasteiger partial charge >= 0.3 is 0 Å². The first-order valence-corrected chi connectivity index (χ1v) is 9.41. The van der Waals surface area contributed by atoms with Crippen molar-refractivity contribution in [2.24, 2.45) is 5.92 Å². The molecule has 24 heavy (non-hydrogen) atoms. The highest BCUT2D eigenvalue weighted by atomic mass is 32.2. The van der Waals surface area contributed by atoms with E-state index in [2.05, 4.69) is 10.3 Å². The molecule has 5 nitrogen and oxygen atoms in total. The lowest BCUT2D eigenvalue weighted by Gasteiger charge is -2.12. The predicted octanol–water partition coefficient (Wildman–Crippen LogP) is 3.06. The van der Waals surface area contributed by atoms with E-state index in [1.165, 1.54) is 6.26 Å². The number of amides is 1. The van der Waals surface area contributed by atoms with E-state index in [0.29, 0.717) is 24.0 Å². The molecule has 6 heteroatoms.